The molecule has 1 aliphatic carbocycles. The third-order valence-corrected chi connectivity index (χ3v) is 5.95. The molecule has 1 fully saturated rings. The molecule has 5 rings (SSSR count). The molecule has 0 unspecified atom stereocenters. The Morgan fingerprint density at radius 3 is 2.30 bits per heavy atom. The fourth-order valence-electron chi connectivity index (χ4n) is 4.45. The van der Waals surface area contributed by atoms with Gasteiger partial charge >= 0.3 is 11.8 Å². The summed E-state index contributed by atoms with van der Waals surface area (Å²) in [6, 6.07) is 16.6. The Balaban J connectivity index is 1.17. The number of carbonyl (C=O) groups excluding carboxylic acids is 1. The summed E-state index contributed by atoms with van der Waals surface area (Å²) in [6.45, 7) is 1.72. The second-order valence-corrected chi connectivity index (χ2v) is 7.73. The van der Waals surface area contributed by atoms with Crippen LogP contribution in [0, 0.1) is 0 Å². The van der Waals surface area contributed by atoms with Gasteiger partial charge in [-0.3, -0.25) is 4.98 Å². The highest BCUT2D eigenvalue weighted by atomic mass is 16.5. The predicted molar refractivity (Wildman–Crippen MR) is 113 cm³/mol. The summed E-state index contributed by atoms with van der Waals surface area (Å²) in [7, 11) is 0. The Hall–Kier alpha value is -3.55. The van der Waals surface area contributed by atoms with Crippen molar-refractivity contribution in [2.75, 3.05) is 24.6 Å². The van der Waals surface area contributed by atoms with Crippen LogP contribution in [0.3, 0.4) is 0 Å². The number of rotatable bonds is 4. The Morgan fingerprint density at radius 2 is 1.70 bits per heavy atom. The number of aromatic nitrogens is 3. The van der Waals surface area contributed by atoms with Gasteiger partial charge in [0.2, 0.25) is 5.95 Å². The molecule has 0 atom stereocenters. The topological polar surface area (TPSA) is 103 Å². The van der Waals surface area contributed by atoms with Gasteiger partial charge in [0.1, 0.15) is 6.61 Å². The number of alkyl carbamates (subject to hydrolysis) is 1. The smallest absolute Gasteiger partial charge is 0.407 e. The molecule has 2 heterocycles. The standard InChI is InChI=1S/C22H23N5O3/c28-21-24-20(25-26-21)27-11-9-14(10-12-27)23-22(29)30-13-19-17-7-3-1-5-15(17)16-6-2-4-8-18(16)19/h1-8,14,19H,9-13H2,(H,23,29)(H2,24,25,26,28). The monoisotopic (exact) mass is 405 g/mol. The summed E-state index contributed by atoms with van der Waals surface area (Å²) in [4.78, 5) is 28.3. The van der Waals surface area contributed by atoms with E-state index in [2.05, 4.69) is 44.8 Å². The van der Waals surface area contributed by atoms with Crippen LogP contribution in [0.15, 0.2) is 53.3 Å². The SMILES string of the molecule is O=C(NC1CCN(c2n[nH]c(=O)[nH]2)CC1)OCC1c2ccccc2-c2ccccc21. The van der Waals surface area contributed by atoms with E-state index in [0.717, 1.165) is 12.8 Å². The van der Waals surface area contributed by atoms with E-state index < -0.39 is 0 Å². The van der Waals surface area contributed by atoms with E-state index in [1.54, 1.807) is 0 Å². The lowest BCUT2D eigenvalue weighted by Crippen LogP contribution is -2.45. The fraction of sp³-hybridized carbons (Fsp3) is 0.318. The lowest BCUT2D eigenvalue weighted by molar-refractivity contribution is 0.137. The number of ether oxygens (including phenoxy) is 1. The van der Waals surface area contributed by atoms with E-state index in [4.69, 9.17) is 4.74 Å². The number of nitrogens with one attached hydrogen (secondary N) is 3. The molecule has 1 aliphatic heterocycles. The van der Waals surface area contributed by atoms with Crippen molar-refractivity contribution in [2.45, 2.75) is 24.8 Å². The minimum Gasteiger partial charge on any atom is -0.449 e. The Morgan fingerprint density at radius 1 is 1.07 bits per heavy atom. The molecule has 1 saturated heterocycles. The van der Waals surface area contributed by atoms with Gasteiger partial charge in [0.25, 0.3) is 0 Å². The number of hydrogen-bond acceptors (Lipinski definition) is 5. The van der Waals surface area contributed by atoms with Crippen molar-refractivity contribution in [3.05, 3.63) is 70.1 Å². The van der Waals surface area contributed by atoms with Crippen molar-refractivity contribution in [1.82, 2.24) is 20.5 Å². The molecule has 0 spiro atoms. The Kier molecular flexibility index (Phi) is 4.74. The maximum absolute atomic E-state index is 12.4. The van der Waals surface area contributed by atoms with E-state index in [1.807, 2.05) is 29.2 Å². The molecular weight excluding hydrogens is 382 g/mol. The number of carbonyl (C=O) groups is 1. The first-order valence-electron chi connectivity index (χ1n) is 10.2. The highest BCUT2D eigenvalue weighted by molar-refractivity contribution is 5.79. The second kappa shape index (κ2) is 7.70. The number of benzene rings is 2. The van der Waals surface area contributed by atoms with Crippen molar-refractivity contribution in [3.63, 3.8) is 0 Å². The maximum atomic E-state index is 12.4. The molecule has 0 saturated carbocycles. The van der Waals surface area contributed by atoms with Crippen molar-refractivity contribution in [3.8, 4) is 11.1 Å². The molecule has 2 aliphatic rings. The van der Waals surface area contributed by atoms with E-state index in [1.165, 1.54) is 22.3 Å². The summed E-state index contributed by atoms with van der Waals surface area (Å²) in [5.74, 6) is 0.598. The van der Waals surface area contributed by atoms with Gasteiger partial charge in [-0.05, 0) is 35.1 Å². The number of fused-ring (bicyclic) bond motifs is 3. The van der Waals surface area contributed by atoms with Gasteiger partial charge in [-0.1, -0.05) is 48.5 Å². The summed E-state index contributed by atoms with van der Waals surface area (Å²) in [5, 5.41) is 9.31. The average Bonchev–Trinajstić information content (AvgIpc) is 3.34. The number of nitrogens with zero attached hydrogens (tertiary/aromatic N) is 2. The largest absolute Gasteiger partial charge is 0.449 e. The average molecular weight is 405 g/mol. The molecule has 154 valence electrons. The van der Waals surface area contributed by atoms with Crippen LogP contribution in [-0.4, -0.2) is 47.0 Å². The number of aromatic amines is 2. The summed E-state index contributed by atoms with van der Waals surface area (Å²) in [5.41, 5.74) is 4.52. The summed E-state index contributed by atoms with van der Waals surface area (Å²) < 4.78 is 5.63. The Bertz CT molecular complexity index is 1070. The van der Waals surface area contributed by atoms with Crippen LogP contribution in [0.5, 0.6) is 0 Å². The predicted octanol–water partition coefficient (Wildman–Crippen LogP) is 2.61. The van der Waals surface area contributed by atoms with Crippen molar-refractivity contribution in [2.24, 2.45) is 0 Å². The molecular formula is C22H23N5O3. The fourth-order valence-corrected chi connectivity index (χ4v) is 4.45. The summed E-state index contributed by atoms with van der Waals surface area (Å²) in [6.07, 6.45) is 1.14. The van der Waals surface area contributed by atoms with Crippen LogP contribution in [0.25, 0.3) is 11.1 Å². The lowest BCUT2D eigenvalue weighted by Gasteiger charge is -2.31. The highest BCUT2D eigenvalue weighted by Gasteiger charge is 2.29. The first-order valence-corrected chi connectivity index (χ1v) is 10.2. The molecule has 1 amide bonds. The van der Waals surface area contributed by atoms with Crippen LogP contribution < -0.4 is 15.9 Å². The van der Waals surface area contributed by atoms with Crippen LogP contribution in [0.2, 0.25) is 0 Å². The molecule has 8 nitrogen and oxygen atoms in total. The number of H-pyrrole nitrogens is 2. The van der Waals surface area contributed by atoms with Crippen LogP contribution >= 0.6 is 0 Å². The zero-order valence-electron chi connectivity index (χ0n) is 16.4. The van der Waals surface area contributed by atoms with Crippen molar-refractivity contribution < 1.29 is 9.53 Å². The molecule has 0 bridgehead atoms. The first-order chi connectivity index (χ1) is 14.7. The normalized spacial score (nSPS) is 16.2. The van der Waals surface area contributed by atoms with E-state index in [-0.39, 0.29) is 23.7 Å². The zero-order valence-corrected chi connectivity index (χ0v) is 16.4. The number of piperidine rings is 1. The lowest BCUT2D eigenvalue weighted by atomic mass is 9.98. The van der Waals surface area contributed by atoms with Gasteiger partial charge in [0.05, 0.1) is 0 Å². The van der Waals surface area contributed by atoms with Gasteiger partial charge in [0.15, 0.2) is 0 Å². The Labute approximate surface area is 173 Å². The molecule has 0 radical (unpaired) electrons. The van der Waals surface area contributed by atoms with E-state index in [0.29, 0.717) is 25.6 Å². The van der Waals surface area contributed by atoms with Gasteiger partial charge in [-0.2, -0.15) is 0 Å². The van der Waals surface area contributed by atoms with Crippen molar-refractivity contribution in [1.29, 1.82) is 0 Å². The third-order valence-electron chi connectivity index (χ3n) is 5.95. The van der Waals surface area contributed by atoms with Gasteiger partial charge in [-0.15, -0.1) is 5.10 Å². The van der Waals surface area contributed by atoms with E-state index >= 15 is 0 Å². The molecule has 2 aromatic carbocycles. The first kappa shape index (κ1) is 18.5. The second-order valence-electron chi connectivity index (χ2n) is 7.73. The molecule has 3 aromatic rings. The third kappa shape index (κ3) is 3.45. The molecule has 3 N–H and O–H groups in total. The van der Waals surface area contributed by atoms with Gasteiger partial charge in [-0.25, -0.2) is 14.7 Å². The van der Waals surface area contributed by atoms with Crippen molar-refractivity contribution >= 4 is 12.0 Å². The molecule has 30 heavy (non-hydrogen) atoms. The number of hydrogen-bond donors (Lipinski definition) is 3. The zero-order chi connectivity index (χ0) is 20.5. The minimum atomic E-state index is -0.386. The number of amides is 1. The molecule has 1 aromatic heterocycles. The maximum Gasteiger partial charge on any atom is 0.407 e. The quantitative estimate of drug-likeness (QED) is 0.619. The van der Waals surface area contributed by atoms with Crippen LogP contribution in [-0.2, 0) is 4.74 Å². The number of anilines is 1. The molecule has 8 heteroatoms. The minimum absolute atomic E-state index is 0.0440. The highest BCUT2D eigenvalue weighted by Crippen LogP contribution is 2.44. The van der Waals surface area contributed by atoms with E-state index in [9.17, 15) is 9.59 Å². The van der Waals surface area contributed by atoms with Crippen LogP contribution in [0.1, 0.15) is 29.9 Å². The van der Waals surface area contributed by atoms with Crippen LogP contribution in [0.4, 0.5) is 10.7 Å². The van der Waals surface area contributed by atoms with Gasteiger partial charge in [0, 0.05) is 25.0 Å². The summed E-state index contributed by atoms with van der Waals surface area (Å²) >= 11 is 0. The van der Waals surface area contributed by atoms with Gasteiger partial charge < -0.3 is 15.0 Å².